The molecule has 0 saturated carbocycles. The highest BCUT2D eigenvalue weighted by molar-refractivity contribution is 7.99. The predicted molar refractivity (Wildman–Crippen MR) is 67.7 cm³/mol. The van der Waals surface area contributed by atoms with Crippen molar-refractivity contribution in [2.45, 2.75) is 9.79 Å². The number of carbonyl (C=O) groups is 1. The van der Waals surface area contributed by atoms with Crippen molar-refractivity contribution in [2.75, 3.05) is 5.73 Å². The summed E-state index contributed by atoms with van der Waals surface area (Å²) < 4.78 is 13.7. The maximum atomic E-state index is 13.7. The number of pyridine rings is 1. The zero-order chi connectivity index (χ0) is 13.1. The number of nitrogen functional groups attached to an aromatic ring is 1. The quantitative estimate of drug-likeness (QED) is 0.830. The fourth-order valence-corrected chi connectivity index (χ4v) is 2.24. The predicted octanol–water partition coefficient (Wildman–Crippen LogP) is 2.05. The lowest BCUT2D eigenvalue weighted by atomic mass is 10.1. The van der Waals surface area contributed by atoms with E-state index in [-0.39, 0.29) is 11.3 Å². The molecule has 0 bridgehead atoms. The Bertz CT molecular complexity index is 589. The van der Waals surface area contributed by atoms with Crippen molar-refractivity contribution in [3.8, 4) is 0 Å². The van der Waals surface area contributed by atoms with Gasteiger partial charge in [-0.05, 0) is 24.3 Å². The highest BCUT2D eigenvalue weighted by Crippen LogP contribution is 2.31. The van der Waals surface area contributed by atoms with E-state index in [2.05, 4.69) is 4.98 Å². The third kappa shape index (κ3) is 2.60. The summed E-state index contributed by atoms with van der Waals surface area (Å²) >= 11 is 1.18. The van der Waals surface area contributed by atoms with Crippen molar-refractivity contribution in [3.05, 3.63) is 48.0 Å². The molecule has 1 aromatic heterocycles. The molecule has 1 aromatic carbocycles. The molecule has 0 saturated heterocycles. The van der Waals surface area contributed by atoms with Crippen molar-refractivity contribution in [1.82, 2.24) is 4.98 Å². The van der Waals surface area contributed by atoms with Crippen LogP contribution >= 0.6 is 11.8 Å². The number of nitrogens with two attached hydrogens (primary N) is 2. The third-order valence-electron chi connectivity index (χ3n) is 2.25. The van der Waals surface area contributed by atoms with Gasteiger partial charge in [-0.15, -0.1) is 0 Å². The van der Waals surface area contributed by atoms with Gasteiger partial charge in [0, 0.05) is 27.9 Å². The van der Waals surface area contributed by atoms with E-state index in [0.717, 1.165) is 11.0 Å². The second-order valence-electron chi connectivity index (χ2n) is 3.52. The van der Waals surface area contributed by atoms with E-state index < -0.39 is 11.7 Å². The van der Waals surface area contributed by atoms with Gasteiger partial charge < -0.3 is 11.5 Å². The molecule has 0 fully saturated rings. The second kappa shape index (κ2) is 5.05. The molecule has 0 aliphatic rings. The van der Waals surface area contributed by atoms with Crippen molar-refractivity contribution >= 4 is 23.4 Å². The van der Waals surface area contributed by atoms with Gasteiger partial charge >= 0.3 is 0 Å². The Balaban J connectivity index is 2.39. The zero-order valence-corrected chi connectivity index (χ0v) is 10.1. The van der Waals surface area contributed by atoms with Crippen LogP contribution in [0.2, 0.25) is 0 Å². The highest BCUT2D eigenvalue weighted by atomic mass is 32.2. The summed E-state index contributed by atoms with van der Waals surface area (Å²) in [4.78, 5) is 16.1. The van der Waals surface area contributed by atoms with Gasteiger partial charge in [-0.1, -0.05) is 11.8 Å². The van der Waals surface area contributed by atoms with Crippen LogP contribution in [-0.2, 0) is 0 Å². The van der Waals surface area contributed by atoms with Crippen molar-refractivity contribution < 1.29 is 9.18 Å². The number of aromatic nitrogens is 1. The Hall–Kier alpha value is -2.08. The number of primary amides is 1. The Morgan fingerprint density at radius 1 is 1.28 bits per heavy atom. The minimum Gasteiger partial charge on any atom is -0.398 e. The van der Waals surface area contributed by atoms with Crippen molar-refractivity contribution in [2.24, 2.45) is 5.73 Å². The molecule has 0 atom stereocenters. The van der Waals surface area contributed by atoms with Crippen LogP contribution in [0.3, 0.4) is 0 Å². The first-order valence-electron chi connectivity index (χ1n) is 5.04. The lowest BCUT2D eigenvalue weighted by molar-refractivity contribution is 0.100. The average molecular weight is 263 g/mol. The topological polar surface area (TPSA) is 82.0 Å². The molecule has 1 heterocycles. The normalized spacial score (nSPS) is 10.3. The Morgan fingerprint density at radius 3 is 2.56 bits per heavy atom. The fourth-order valence-electron chi connectivity index (χ4n) is 1.39. The van der Waals surface area contributed by atoms with Crippen LogP contribution in [0.25, 0.3) is 0 Å². The SMILES string of the molecule is NC(=O)c1cc(Sc2ccncc2)c(F)cc1N. The molecule has 92 valence electrons. The summed E-state index contributed by atoms with van der Waals surface area (Å²) in [7, 11) is 0. The number of anilines is 1. The minimum atomic E-state index is -0.677. The van der Waals surface area contributed by atoms with Crippen LogP contribution in [0.5, 0.6) is 0 Å². The smallest absolute Gasteiger partial charge is 0.250 e. The van der Waals surface area contributed by atoms with Crippen LogP contribution < -0.4 is 11.5 Å². The monoisotopic (exact) mass is 263 g/mol. The van der Waals surface area contributed by atoms with Crippen molar-refractivity contribution in [3.63, 3.8) is 0 Å². The zero-order valence-electron chi connectivity index (χ0n) is 9.26. The maximum absolute atomic E-state index is 13.7. The van der Waals surface area contributed by atoms with Crippen molar-refractivity contribution in [1.29, 1.82) is 0 Å². The molecule has 0 radical (unpaired) electrons. The van der Waals surface area contributed by atoms with E-state index in [0.29, 0.717) is 4.90 Å². The number of amides is 1. The first-order chi connectivity index (χ1) is 8.58. The van der Waals surface area contributed by atoms with E-state index in [1.807, 2.05) is 0 Å². The molecular formula is C12H10FN3OS. The molecule has 4 N–H and O–H groups in total. The van der Waals surface area contributed by atoms with Gasteiger partial charge in [0.2, 0.25) is 0 Å². The largest absolute Gasteiger partial charge is 0.398 e. The number of benzene rings is 1. The summed E-state index contributed by atoms with van der Waals surface area (Å²) in [5.74, 6) is -1.16. The fraction of sp³-hybridized carbons (Fsp3) is 0. The van der Waals surface area contributed by atoms with Crippen LogP contribution in [-0.4, -0.2) is 10.9 Å². The first-order valence-corrected chi connectivity index (χ1v) is 5.86. The van der Waals surface area contributed by atoms with Gasteiger partial charge in [0.15, 0.2) is 0 Å². The third-order valence-corrected chi connectivity index (χ3v) is 3.29. The van der Waals surface area contributed by atoms with Gasteiger partial charge in [0.25, 0.3) is 5.91 Å². The lowest BCUT2D eigenvalue weighted by Gasteiger charge is -2.07. The molecule has 4 nitrogen and oxygen atoms in total. The molecule has 0 spiro atoms. The standard InChI is InChI=1S/C12H10FN3OS/c13-9-6-10(14)8(12(15)17)5-11(9)18-7-1-3-16-4-2-7/h1-6H,14H2,(H2,15,17). The lowest BCUT2D eigenvalue weighted by Crippen LogP contribution is -2.14. The Morgan fingerprint density at radius 2 is 1.94 bits per heavy atom. The number of halogens is 1. The molecular weight excluding hydrogens is 253 g/mol. The molecule has 0 unspecified atom stereocenters. The van der Waals surface area contributed by atoms with E-state index in [9.17, 15) is 9.18 Å². The van der Waals surface area contributed by atoms with Gasteiger partial charge in [-0.2, -0.15) is 0 Å². The second-order valence-corrected chi connectivity index (χ2v) is 4.63. The van der Waals surface area contributed by atoms with E-state index >= 15 is 0 Å². The molecule has 1 amide bonds. The van der Waals surface area contributed by atoms with Gasteiger partial charge in [-0.3, -0.25) is 9.78 Å². The van der Waals surface area contributed by atoms with Crippen LogP contribution in [0.15, 0.2) is 46.5 Å². The molecule has 6 heteroatoms. The minimum absolute atomic E-state index is 0.0408. The molecule has 0 aliphatic carbocycles. The van der Waals surface area contributed by atoms with Gasteiger partial charge in [-0.25, -0.2) is 4.39 Å². The average Bonchev–Trinajstić information content (AvgIpc) is 2.33. The molecule has 2 rings (SSSR count). The molecule has 0 aliphatic heterocycles. The first kappa shape index (κ1) is 12.4. The van der Waals surface area contributed by atoms with E-state index in [1.165, 1.54) is 17.8 Å². The summed E-state index contributed by atoms with van der Waals surface area (Å²) in [6.45, 7) is 0. The Kier molecular flexibility index (Phi) is 3.47. The van der Waals surface area contributed by atoms with E-state index in [1.54, 1.807) is 24.5 Å². The molecule has 18 heavy (non-hydrogen) atoms. The van der Waals surface area contributed by atoms with Gasteiger partial charge in [0.1, 0.15) is 5.82 Å². The van der Waals surface area contributed by atoms with Crippen LogP contribution in [0.4, 0.5) is 10.1 Å². The summed E-state index contributed by atoms with van der Waals surface area (Å²) in [6, 6.07) is 5.94. The summed E-state index contributed by atoms with van der Waals surface area (Å²) in [5.41, 5.74) is 10.9. The molecule has 2 aromatic rings. The van der Waals surface area contributed by atoms with Crippen LogP contribution in [0, 0.1) is 5.82 Å². The number of hydrogen-bond donors (Lipinski definition) is 2. The Labute approximate surface area is 107 Å². The number of rotatable bonds is 3. The number of carbonyl (C=O) groups excluding carboxylic acids is 1. The number of hydrogen-bond acceptors (Lipinski definition) is 4. The van der Waals surface area contributed by atoms with Crippen LogP contribution in [0.1, 0.15) is 10.4 Å². The maximum Gasteiger partial charge on any atom is 0.250 e. The van der Waals surface area contributed by atoms with Gasteiger partial charge in [0.05, 0.1) is 5.56 Å². The number of nitrogens with zero attached hydrogens (tertiary/aromatic N) is 1. The highest BCUT2D eigenvalue weighted by Gasteiger charge is 2.12. The van der Waals surface area contributed by atoms with E-state index in [4.69, 9.17) is 11.5 Å². The summed E-state index contributed by atoms with van der Waals surface area (Å²) in [5, 5.41) is 0. The summed E-state index contributed by atoms with van der Waals surface area (Å²) in [6.07, 6.45) is 3.21.